The van der Waals surface area contributed by atoms with E-state index in [2.05, 4.69) is 27.9 Å². The number of hydrogen-bond acceptors (Lipinski definition) is 6. The zero-order valence-electron chi connectivity index (χ0n) is 12.4. The topological polar surface area (TPSA) is 99.5 Å². The van der Waals surface area contributed by atoms with Crippen LogP contribution in [0.3, 0.4) is 0 Å². The lowest BCUT2D eigenvalue weighted by Crippen LogP contribution is -2.25. The minimum Gasteiger partial charge on any atom is -0.397 e. The highest BCUT2D eigenvalue weighted by Crippen LogP contribution is 2.36. The fourth-order valence-corrected chi connectivity index (χ4v) is 3.56. The average molecular weight is 311 g/mol. The van der Waals surface area contributed by atoms with E-state index in [1.54, 1.807) is 14.1 Å². The summed E-state index contributed by atoms with van der Waals surface area (Å²) in [6.07, 6.45) is 0.997. The molecule has 0 radical (unpaired) electrons. The molecule has 1 fully saturated rings. The summed E-state index contributed by atoms with van der Waals surface area (Å²) >= 11 is 1.22. The molecule has 0 spiro atoms. The molecular weight excluding hydrogens is 290 g/mol. The number of thiophene rings is 1. The highest BCUT2D eigenvalue weighted by molar-refractivity contribution is 7.19. The molecule has 1 unspecified atom stereocenters. The van der Waals surface area contributed by atoms with Crippen molar-refractivity contribution in [3.8, 4) is 0 Å². The van der Waals surface area contributed by atoms with Crippen LogP contribution in [0.1, 0.15) is 26.5 Å². The summed E-state index contributed by atoms with van der Waals surface area (Å²) in [5.74, 6) is -0.563. The molecule has 1 aliphatic rings. The maximum atomic E-state index is 12.1. The normalized spacial score (nSPS) is 18.5. The van der Waals surface area contributed by atoms with Crippen molar-refractivity contribution in [3.05, 3.63) is 10.4 Å². The molecule has 2 rings (SSSR count). The van der Waals surface area contributed by atoms with Crippen LogP contribution in [0.5, 0.6) is 0 Å². The number of anilines is 2. The second kappa shape index (κ2) is 6.31. The molecule has 0 saturated carbocycles. The summed E-state index contributed by atoms with van der Waals surface area (Å²) in [7, 11) is 5.15. The van der Waals surface area contributed by atoms with Crippen LogP contribution in [-0.4, -0.2) is 57.0 Å². The van der Waals surface area contributed by atoms with Crippen molar-refractivity contribution in [1.29, 1.82) is 0 Å². The van der Waals surface area contributed by atoms with E-state index in [1.807, 2.05) is 0 Å². The van der Waals surface area contributed by atoms with E-state index in [0.29, 0.717) is 15.4 Å². The Morgan fingerprint density at radius 3 is 2.48 bits per heavy atom. The number of nitrogens with two attached hydrogens (primary N) is 1. The third kappa shape index (κ3) is 3.11. The van der Waals surface area contributed by atoms with E-state index < -0.39 is 0 Å². The number of likely N-dealkylation sites (N-methyl/N-ethyl adjacent to an activating group) is 1. The van der Waals surface area contributed by atoms with Crippen LogP contribution >= 0.6 is 11.3 Å². The van der Waals surface area contributed by atoms with Crippen LogP contribution in [0.2, 0.25) is 0 Å². The molecule has 0 aliphatic carbocycles. The second-order valence-electron chi connectivity index (χ2n) is 5.10. The highest BCUT2D eigenvalue weighted by atomic mass is 32.1. The molecule has 1 saturated heterocycles. The molecule has 1 atom stereocenters. The Morgan fingerprint density at radius 1 is 1.29 bits per heavy atom. The van der Waals surface area contributed by atoms with Crippen molar-refractivity contribution < 1.29 is 9.59 Å². The van der Waals surface area contributed by atoms with Crippen molar-refractivity contribution in [1.82, 2.24) is 15.5 Å². The van der Waals surface area contributed by atoms with E-state index in [1.165, 1.54) is 11.3 Å². The summed E-state index contributed by atoms with van der Waals surface area (Å²) in [5.41, 5.74) is 6.58. The monoisotopic (exact) mass is 311 g/mol. The van der Waals surface area contributed by atoms with E-state index in [-0.39, 0.29) is 23.5 Å². The SMILES string of the molecule is CNC(=O)c1sc(NC2CCN(C)C2)c(C(=O)NC)c1N. The number of carbonyl (C=O) groups excluding carboxylic acids is 2. The molecule has 0 bridgehead atoms. The summed E-state index contributed by atoms with van der Waals surface area (Å²) in [4.78, 5) is 26.5. The zero-order valence-corrected chi connectivity index (χ0v) is 13.3. The number of nitrogen functional groups attached to an aromatic ring is 1. The molecule has 21 heavy (non-hydrogen) atoms. The van der Waals surface area contributed by atoms with Crippen LogP contribution in [0.25, 0.3) is 0 Å². The van der Waals surface area contributed by atoms with Crippen LogP contribution in [0.4, 0.5) is 10.7 Å². The van der Waals surface area contributed by atoms with Gasteiger partial charge in [-0.15, -0.1) is 11.3 Å². The molecule has 8 heteroatoms. The van der Waals surface area contributed by atoms with Gasteiger partial charge in [-0.1, -0.05) is 0 Å². The predicted molar refractivity (Wildman–Crippen MR) is 85.0 cm³/mol. The highest BCUT2D eigenvalue weighted by Gasteiger charge is 2.27. The maximum absolute atomic E-state index is 12.1. The number of carbonyl (C=O) groups is 2. The standard InChI is InChI=1S/C13H21N5O2S/c1-15-11(19)8-9(14)10(12(20)16-2)21-13(8)17-7-4-5-18(3)6-7/h7,17H,4-6,14H2,1-3H3,(H,15,19)(H,16,20). The van der Waals surface area contributed by atoms with Crippen molar-refractivity contribution in [2.45, 2.75) is 12.5 Å². The molecule has 1 aliphatic heterocycles. The Hall–Kier alpha value is -1.80. The fraction of sp³-hybridized carbons (Fsp3) is 0.538. The lowest BCUT2D eigenvalue weighted by atomic mass is 10.2. The largest absolute Gasteiger partial charge is 0.397 e. The van der Waals surface area contributed by atoms with Crippen molar-refractivity contribution >= 4 is 33.8 Å². The minimum absolute atomic E-state index is 0.229. The van der Waals surface area contributed by atoms with Gasteiger partial charge in [0.25, 0.3) is 11.8 Å². The van der Waals surface area contributed by atoms with Gasteiger partial charge < -0.3 is 26.6 Å². The molecule has 1 aromatic heterocycles. The van der Waals surface area contributed by atoms with Gasteiger partial charge in [-0.05, 0) is 20.0 Å². The first-order valence-corrected chi connectivity index (χ1v) is 7.61. The quantitative estimate of drug-likeness (QED) is 0.635. The van der Waals surface area contributed by atoms with Crippen LogP contribution in [0.15, 0.2) is 0 Å². The van der Waals surface area contributed by atoms with Crippen LogP contribution < -0.4 is 21.7 Å². The van der Waals surface area contributed by atoms with Gasteiger partial charge in [0.15, 0.2) is 0 Å². The number of nitrogens with one attached hydrogen (secondary N) is 3. The summed E-state index contributed by atoms with van der Waals surface area (Å²) < 4.78 is 0. The Kier molecular flexibility index (Phi) is 4.69. The fourth-order valence-electron chi connectivity index (χ4n) is 2.42. The van der Waals surface area contributed by atoms with Gasteiger partial charge in [0.1, 0.15) is 9.88 Å². The molecule has 116 valence electrons. The Bertz CT molecular complexity index is 557. The number of nitrogens with zero attached hydrogens (tertiary/aromatic N) is 1. The molecule has 5 N–H and O–H groups in total. The zero-order chi connectivity index (χ0) is 15.6. The lowest BCUT2D eigenvalue weighted by molar-refractivity contribution is 0.0963. The van der Waals surface area contributed by atoms with Crippen LogP contribution in [-0.2, 0) is 0 Å². The minimum atomic E-state index is -0.284. The Balaban J connectivity index is 2.33. The Labute approximate surface area is 127 Å². The van der Waals surface area contributed by atoms with Crippen molar-refractivity contribution in [3.63, 3.8) is 0 Å². The van der Waals surface area contributed by atoms with E-state index in [0.717, 1.165) is 19.5 Å². The number of hydrogen-bond donors (Lipinski definition) is 4. The first kappa shape index (κ1) is 15.6. The molecule has 1 aromatic rings. The van der Waals surface area contributed by atoms with E-state index in [4.69, 9.17) is 5.73 Å². The number of amides is 2. The van der Waals surface area contributed by atoms with Crippen molar-refractivity contribution in [2.75, 3.05) is 45.3 Å². The van der Waals surface area contributed by atoms with E-state index >= 15 is 0 Å². The average Bonchev–Trinajstić information content (AvgIpc) is 3.01. The second-order valence-corrected chi connectivity index (χ2v) is 6.12. The summed E-state index contributed by atoms with van der Waals surface area (Å²) in [5, 5.41) is 9.13. The van der Waals surface area contributed by atoms with Gasteiger partial charge in [-0.3, -0.25) is 9.59 Å². The predicted octanol–water partition coefficient (Wildman–Crippen LogP) is 0.166. The summed E-state index contributed by atoms with van der Waals surface area (Å²) in [6, 6.07) is 0.258. The van der Waals surface area contributed by atoms with Gasteiger partial charge >= 0.3 is 0 Å². The molecule has 2 amide bonds. The van der Waals surface area contributed by atoms with E-state index in [9.17, 15) is 9.59 Å². The molecular formula is C13H21N5O2S. The molecule has 0 aromatic carbocycles. The lowest BCUT2D eigenvalue weighted by Gasteiger charge is -2.14. The van der Waals surface area contributed by atoms with Gasteiger partial charge in [-0.2, -0.15) is 0 Å². The van der Waals surface area contributed by atoms with Crippen molar-refractivity contribution in [2.24, 2.45) is 0 Å². The van der Waals surface area contributed by atoms with Gasteiger partial charge in [-0.25, -0.2) is 0 Å². The van der Waals surface area contributed by atoms with Gasteiger partial charge in [0, 0.05) is 26.7 Å². The third-order valence-electron chi connectivity index (χ3n) is 3.56. The molecule has 2 heterocycles. The van der Waals surface area contributed by atoms with Crippen LogP contribution in [0, 0.1) is 0 Å². The molecule has 7 nitrogen and oxygen atoms in total. The van der Waals surface area contributed by atoms with Gasteiger partial charge in [0.05, 0.1) is 11.3 Å². The summed E-state index contributed by atoms with van der Waals surface area (Å²) in [6.45, 7) is 1.91. The first-order valence-electron chi connectivity index (χ1n) is 6.79. The number of likely N-dealkylation sites (tertiary alicyclic amines) is 1. The third-order valence-corrected chi connectivity index (χ3v) is 4.69. The Morgan fingerprint density at radius 2 is 1.95 bits per heavy atom. The smallest absolute Gasteiger partial charge is 0.263 e. The number of rotatable bonds is 4. The first-order chi connectivity index (χ1) is 9.97. The maximum Gasteiger partial charge on any atom is 0.263 e. The van der Waals surface area contributed by atoms with Gasteiger partial charge in [0.2, 0.25) is 0 Å².